The maximum Gasteiger partial charge on any atom is 0.239 e. The van der Waals surface area contributed by atoms with Crippen molar-refractivity contribution in [2.24, 2.45) is 0 Å². The predicted octanol–water partition coefficient (Wildman–Crippen LogP) is 5.29. The van der Waals surface area contributed by atoms with E-state index >= 15 is 0 Å². The standard InChI is InChI=1S/C16H17FN4O2S.C16H18FN3O3S/c1-10(2)14-13(9-18)15(11-5-7-12(17)8-6-11)20-16(19-14)21(3)24(4,22)23;1-10(2)14-13(9-21)15(11-5-7-12(17)8-6-11)19-16(18-14)20(3)24(4,22)23/h5-8,10H,1-4H3;5-10H,1-4H3. The van der Waals surface area contributed by atoms with Crippen LogP contribution < -0.4 is 8.61 Å². The molecular weight excluding hydrogens is 665 g/mol. The van der Waals surface area contributed by atoms with Gasteiger partial charge in [-0.2, -0.15) is 5.26 Å². The molecule has 4 aromatic rings. The van der Waals surface area contributed by atoms with Gasteiger partial charge in [0.1, 0.15) is 23.3 Å². The molecule has 0 aliphatic rings. The SMILES string of the molecule is CC(C)c1nc(N(C)S(C)(=O)=O)nc(-c2ccc(F)cc2)c1C#N.CC(C)c1nc(N(C)S(C)(=O)=O)nc(-c2ccc(F)cc2)c1C=O. The van der Waals surface area contributed by atoms with Gasteiger partial charge in [-0.15, -0.1) is 0 Å². The Balaban J connectivity index is 0.000000260. The normalized spacial score (nSPS) is 11.5. The Morgan fingerprint density at radius 3 is 1.42 bits per heavy atom. The number of aromatic nitrogens is 4. The third-order valence-corrected chi connectivity index (χ3v) is 9.32. The maximum absolute atomic E-state index is 13.2. The van der Waals surface area contributed by atoms with Gasteiger partial charge < -0.3 is 0 Å². The van der Waals surface area contributed by atoms with Crippen molar-refractivity contribution >= 4 is 38.2 Å². The summed E-state index contributed by atoms with van der Waals surface area (Å²) in [4.78, 5) is 28.6. The van der Waals surface area contributed by atoms with Crippen LogP contribution in [0.2, 0.25) is 0 Å². The largest absolute Gasteiger partial charge is 0.298 e. The van der Waals surface area contributed by atoms with Gasteiger partial charge in [0.15, 0.2) is 6.29 Å². The Hall–Kier alpha value is -4.88. The van der Waals surface area contributed by atoms with Crippen LogP contribution in [-0.2, 0) is 20.0 Å². The van der Waals surface area contributed by atoms with E-state index in [9.17, 15) is 35.7 Å². The number of aldehydes is 1. The van der Waals surface area contributed by atoms with E-state index in [1.54, 1.807) is 0 Å². The molecule has 0 saturated carbocycles. The smallest absolute Gasteiger partial charge is 0.239 e. The molecule has 0 saturated heterocycles. The monoisotopic (exact) mass is 699 g/mol. The highest BCUT2D eigenvalue weighted by Gasteiger charge is 2.24. The zero-order valence-corrected chi connectivity index (χ0v) is 29.2. The first kappa shape index (κ1) is 37.6. The van der Waals surface area contributed by atoms with E-state index in [4.69, 9.17) is 0 Å². The summed E-state index contributed by atoms with van der Waals surface area (Å²) in [6, 6.07) is 13.0. The van der Waals surface area contributed by atoms with Crippen molar-refractivity contribution in [1.29, 1.82) is 5.26 Å². The fraction of sp³-hybridized carbons (Fsp3) is 0.312. The summed E-state index contributed by atoms with van der Waals surface area (Å²) in [5, 5.41) is 9.52. The Bertz CT molecular complexity index is 2070. The van der Waals surface area contributed by atoms with Crippen LogP contribution in [0.15, 0.2) is 48.5 Å². The number of carbonyl (C=O) groups is 1. The lowest BCUT2D eigenvalue weighted by atomic mass is 9.99. The summed E-state index contributed by atoms with van der Waals surface area (Å²) in [6.45, 7) is 7.38. The van der Waals surface area contributed by atoms with E-state index in [0.29, 0.717) is 28.8 Å². The summed E-state index contributed by atoms with van der Waals surface area (Å²) in [5.74, 6) is -1.14. The van der Waals surface area contributed by atoms with E-state index in [-0.39, 0.29) is 46.2 Å². The Morgan fingerprint density at radius 1 is 0.688 bits per heavy atom. The van der Waals surface area contributed by atoms with E-state index in [1.165, 1.54) is 62.6 Å². The van der Waals surface area contributed by atoms with Crippen molar-refractivity contribution in [2.45, 2.75) is 39.5 Å². The molecular formula is C32H35F2N7O5S2. The first-order chi connectivity index (χ1) is 22.3. The van der Waals surface area contributed by atoms with Crippen LogP contribution in [0.25, 0.3) is 22.5 Å². The van der Waals surface area contributed by atoms with E-state index in [2.05, 4.69) is 26.0 Å². The number of benzene rings is 2. The zero-order valence-electron chi connectivity index (χ0n) is 27.6. The molecule has 4 rings (SSSR count). The second kappa shape index (κ2) is 14.9. The first-order valence-electron chi connectivity index (χ1n) is 14.4. The molecule has 16 heteroatoms. The fourth-order valence-electron chi connectivity index (χ4n) is 4.25. The molecule has 0 amide bonds. The van der Waals surface area contributed by atoms with Crippen LogP contribution in [0.4, 0.5) is 20.7 Å². The number of nitrogens with zero attached hydrogens (tertiary/aromatic N) is 7. The maximum atomic E-state index is 13.2. The second-order valence-electron chi connectivity index (χ2n) is 11.3. The minimum absolute atomic E-state index is 0.0282. The first-order valence-corrected chi connectivity index (χ1v) is 18.1. The second-order valence-corrected chi connectivity index (χ2v) is 15.3. The lowest BCUT2D eigenvalue weighted by molar-refractivity contribution is 0.112. The lowest BCUT2D eigenvalue weighted by Gasteiger charge is -2.19. The molecule has 0 aliphatic carbocycles. The molecule has 0 radical (unpaired) electrons. The van der Waals surface area contributed by atoms with Crippen LogP contribution >= 0.6 is 0 Å². The summed E-state index contributed by atoms with van der Waals surface area (Å²) in [6.07, 6.45) is 2.72. The van der Waals surface area contributed by atoms with Gasteiger partial charge in [0.2, 0.25) is 31.9 Å². The highest BCUT2D eigenvalue weighted by molar-refractivity contribution is 7.92. The molecule has 254 valence electrons. The van der Waals surface area contributed by atoms with E-state index < -0.39 is 31.7 Å². The number of rotatable bonds is 9. The van der Waals surface area contributed by atoms with Crippen molar-refractivity contribution in [2.75, 3.05) is 35.2 Å². The van der Waals surface area contributed by atoms with Gasteiger partial charge in [-0.05, 0) is 60.4 Å². The quantitative estimate of drug-likeness (QED) is 0.210. The van der Waals surface area contributed by atoms with Crippen molar-refractivity contribution in [3.63, 3.8) is 0 Å². The summed E-state index contributed by atoms with van der Waals surface area (Å²) < 4.78 is 75.4. The molecule has 2 aromatic heterocycles. The number of anilines is 2. The highest BCUT2D eigenvalue weighted by atomic mass is 32.2. The number of hydrogen-bond donors (Lipinski definition) is 0. The van der Waals surface area contributed by atoms with Gasteiger partial charge in [0.05, 0.1) is 40.9 Å². The highest BCUT2D eigenvalue weighted by Crippen LogP contribution is 2.31. The van der Waals surface area contributed by atoms with Crippen LogP contribution in [0.1, 0.15) is 66.8 Å². The van der Waals surface area contributed by atoms with Crippen molar-refractivity contribution in [3.05, 3.63) is 82.7 Å². The Labute approximate surface area is 279 Å². The van der Waals surface area contributed by atoms with Crippen LogP contribution in [0.5, 0.6) is 0 Å². The number of hydrogen-bond acceptors (Lipinski definition) is 10. The number of carbonyl (C=O) groups excluding carboxylic acids is 1. The molecule has 2 heterocycles. The van der Waals surface area contributed by atoms with E-state index in [0.717, 1.165) is 21.1 Å². The molecule has 2 aromatic carbocycles. The topological polar surface area (TPSA) is 167 Å². The van der Waals surface area contributed by atoms with Crippen molar-refractivity contribution < 1.29 is 30.4 Å². The van der Waals surface area contributed by atoms with Gasteiger partial charge in [0.25, 0.3) is 0 Å². The van der Waals surface area contributed by atoms with Gasteiger partial charge in [-0.25, -0.2) is 54.2 Å². The molecule has 0 fully saturated rings. The Morgan fingerprint density at radius 2 is 1.06 bits per heavy atom. The minimum atomic E-state index is -3.56. The van der Waals surface area contributed by atoms with Crippen molar-refractivity contribution in [3.8, 4) is 28.6 Å². The molecule has 0 N–H and O–H groups in total. The fourth-order valence-corrected chi connectivity index (χ4v) is 5.00. The van der Waals surface area contributed by atoms with Gasteiger partial charge >= 0.3 is 0 Å². The zero-order chi connectivity index (χ0) is 36.1. The van der Waals surface area contributed by atoms with Crippen LogP contribution in [-0.4, -0.2) is 69.7 Å². The molecule has 0 spiro atoms. The molecule has 48 heavy (non-hydrogen) atoms. The minimum Gasteiger partial charge on any atom is -0.298 e. The van der Waals surface area contributed by atoms with Gasteiger partial charge in [0, 0.05) is 25.2 Å². The predicted molar refractivity (Wildman–Crippen MR) is 180 cm³/mol. The summed E-state index contributed by atoms with van der Waals surface area (Å²) in [5.41, 5.74) is 2.97. The van der Waals surface area contributed by atoms with Crippen molar-refractivity contribution in [1.82, 2.24) is 19.9 Å². The molecule has 0 bridgehead atoms. The third kappa shape index (κ3) is 8.72. The number of sulfonamides is 2. The molecule has 0 unspecified atom stereocenters. The lowest BCUT2D eigenvalue weighted by Crippen LogP contribution is -2.27. The molecule has 12 nitrogen and oxygen atoms in total. The third-order valence-electron chi connectivity index (χ3n) is 7.01. The number of nitriles is 1. The van der Waals surface area contributed by atoms with Crippen LogP contribution in [0.3, 0.4) is 0 Å². The van der Waals surface area contributed by atoms with Gasteiger partial charge in [-0.3, -0.25) is 4.79 Å². The van der Waals surface area contributed by atoms with Gasteiger partial charge in [-0.1, -0.05) is 27.7 Å². The molecule has 0 aliphatic heterocycles. The Kier molecular flexibility index (Phi) is 11.7. The number of halogens is 2. The molecule has 0 atom stereocenters. The summed E-state index contributed by atoms with van der Waals surface area (Å²) in [7, 11) is -4.44. The summed E-state index contributed by atoms with van der Waals surface area (Å²) >= 11 is 0. The van der Waals surface area contributed by atoms with E-state index in [1.807, 2.05) is 27.7 Å². The average molecular weight is 700 g/mol. The van der Waals surface area contributed by atoms with Crippen LogP contribution in [0, 0.1) is 23.0 Å². The average Bonchev–Trinajstić information content (AvgIpc) is 3.02.